The van der Waals surface area contributed by atoms with Crippen molar-refractivity contribution in [3.05, 3.63) is 29.8 Å². The molecular formula is C17H24N2O2. The molecule has 1 saturated carbocycles. The van der Waals surface area contributed by atoms with Crippen LogP contribution in [-0.4, -0.2) is 31.7 Å². The van der Waals surface area contributed by atoms with E-state index in [0.29, 0.717) is 23.6 Å². The molecule has 1 saturated heterocycles. The molecule has 21 heavy (non-hydrogen) atoms. The van der Waals surface area contributed by atoms with Crippen LogP contribution in [-0.2, 0) is 4.74 Å². The van der Waals surface area contributed by atoms with E-state index in [2.05, 4.69) is 24.5 Å². The molecule has 1 aromatic carbocycles. The van der Waals surface area contributed by atoms with Crippen molar-refractivity contribution < 1.29 is 9.53 Å². The maximum absolute atomic E-state index is 11.7. The fourth-order valence-corrected chi connectivity index (χ4v) is 3.89. The van der Waals surface area contributed by atoms with Crippen LogP contribution in [0.2, 0.25) is 0 Å². The third kappa shape index (κ3) is 2.42. The highest BCUT2D eigenvalue weighted by Gasteiger charge is 2.57. The minimum Gasteiger partial charge on any atom is -0.381 e. The smallest absolute Gasteiger partial charge is 0.251 e. The number of carbonyl (C=O) groups excluding carboxylic acids is 1. The standard InChI is InChI=1S/C17H24N2O2/c1-17(2)14(13-8-5-9-21-15(13)17)19-12-7-4-6-11(10-12)16(20)18-3/h4,6-7,10,13-15,19H,5,8-9H2,1-3H3,(H,18,20). The molecular weight excluding hydrogens is 264 g/mol. The maximum Gasteiger partial charge on any atom is 0.251 e. The first-order valence-electron chi connectivity index (χ1n) is 7.74. The molecule has 3 unspecified atom stereocenters. The molecule has 3 atom stereocenters. The van der Waals surface area contributed by atoms with Crippen LogP contribution in [0.4, 0.5) is 5.69 Å². The number of rotatable bonds is 3. The van der Waals surface area contributed by atoms with Gasteiger partial charge in [-0.2, -0.15) is 0 Å². The third-order valence-corrected chi connectivity index (χ3v) is 5.01. The number of hydrogen-bond acceptors (Lipinski definition) is 3. The second-order valence-corrected chi connectivity index (χ2v) is 6.70. The Labute approximate surface area is 126 Å². The van der Waals surface area contributed by atoms with Gasteiger partial charge in [0.25, 0.3) is 5.91 Å². The molecule has 2 aliphatic rings. The van der Waals surface area contributed by atoms with E-state index in [1.807, 2.05) is 24.3 Å². The highest BCUT2D eigenvalue weighted by Crippen LogP contribution is 2.52. The summed E-state index contributed by atoms with van der Waals surface area (Å²) in [5.41, 5.74) is 1.84. The van der Waals surface area contributed by atoms with Gasteiger partial charge in [0.1, 0.15) is 0 Å². The fraction of sp³-hybridized carbons (Fsp3) is 0.588. The molecule has 1 heterocycles. The van der Waals surface area contributed by atoms with Gasteiger partial charge >= 0.3 is 0 Å². The number of amides is 1. The van der Waals surface area contributed by atoms with Crippen molar-refractivity contribution in [2.75, 3.05) is 19.0 Å². The number of benzene rings is 1. The van der Waals surface area contributed by atoms with E-state index >= 15 is 0 Å². The average Bonchev–Trinajstić information content (AvgIpc) is 2.52. The van der Waals surface area contributed by atoms with Gasteiger partial charge in [0.2, 0.25) is 0 Å². The second-order valence-electron chi connectivity index (χ2n) is 6.70. The van der Waals surface area contributed by atoms with Gasteiger partial charge in [-0.05, 0) is 31.0 Å². The van der Waals surface area contributed by atoms with Gasteiger partial charge in [0.05, 0.1) is 6.10 Å². The number of hydrogen-bond donors (Lipinski definition) is 2. The summed E-state index contributed by atoms with van der Waals surface area (Å²) in [6, 6.07) is 8.11. The predicted molar refractivity (Wildman–Crippen MR) is 83.5 cm³/mol. The Morgan fingerprint density at radius 3 is 2.95 bits per heavy atom. The summed E-state index contributed by atoms with van der Waals surface area (Å²) in [6.07, 6.45) is 2.74. The SMILES string of the molecule is CNC(=O)c1cccc(NC2C3CCCOC3C2(C)C)c1. The number of fused-ring (bicyclic) bond motifs is 1. The topological polar surface area (TPSA) is 50.4 Å². The summed E-state index contributed by atoms with van der Waals surface area (Å²) in [5.74, 6) is 0.530. The molecule has 4 nitrogen and oxygen atoms in total. The van der Waals surface area contributed by atoms with Gasteiger partial charge in [-0.1, -0.05) is 19.9 Å². The minimum absolute atomic E-state index is 0.0506. The highest BCUT2D eigenvalue weighted by atomic mass is 16.5. The van der Waals surface area contributed by atoms with E-state index in [-0.39, 0.29) is 11.3 Å². The van der Waals surface area contributed by atoms with E-state index in [1.165, 1.54) is 6.42 Å². The molecule has 114 valence electrons. The summed E-state index contributed by atoms with van der Waals surface area (Å²) in [4.78, 5) is 11.7. The number of carbonyl (C=O) groups is 1. The summed E-state index contributed by atoms with van der Waals surface area (Å²) in [6.45, 7) is 5.42. The molecule has 0 spiro atoms. The Morgan fingerprint density at radius 2 is 2.19 bits per heavy atom. The lowest BCUT2D eigenvalue weighted by Gasteiger charge is -2.60. The van der Waals surface area contributed by atoms with E-state index in [1.54, 1.807) is 7.05 Å². The van der Waals surface area contributed by atoms with E-state index in [9.17, 15) is 4.79 Å². The zero-order valence-corrected chi connectivity index (χ0v) is 13.0. The molecule has 1 aromatic rings. The van der Waals surface area contributed by atoms with Gasteiger partial charge in [-0.15, -0.1) is 0 Å². The Balaban J connectivity index is 1.76. The van der Waals surface area contributed by atoms with Crippen LogP contribution in [0, 0.1) is 11.3 Å². The Morgan fingerprint density at radius 1 is 1.38 bits per heavy atom. The molecule has 1 aliphatic carbocycles. The largest absolute Gasteiger partial charge is 0.381 e. The quantitative estimate of drug-likeness (QED) is 0.899. The van der Waals surface area contributed by atoms with Crippen molar-refractivity contribution in [1.82, 2.24) is 5.32 Å². The fourth-order valence-electron chi connectivity index (χ4n) is 3.89. The van der Waals surface area contributed by atoms with Crippen LogP contribution < -0.4 is 10.6 Å². The van der Waals surface area contributed by atoms with E-state index < -0.39 is 0 Å². The van der Waals surface area contributed by atoms with Crippen LogP contribution in [0.5, 0.6) is 0 Å². The number of anilines is 1. The molecule has 1 amide bonds. The summed E-state index contributed by atoms with van der Waals surface area (Å²) >= 11 is 0. The molecule has 0 bridgehead atoms. The van der Waals surface area contributed by atoms with Gasteiger partial charge in [-0.3, -0.25) is 4.79 Å². The minimum atomic E-state index is -0.0506. The first kappa shape index (κ1) is 14.4. The van der Waals surface area contributed by atoms with Gasteiger partial charge in [0.15, 0.2) is 0 Å². The summed E-state index contributed by atoms with van der Waals surface area (Å²) in [5, 5.41) is 6.29. The zero-order chi connectivity index (χ0) is 15.0. The molecule has 0 radical (unpaired) electrons. The van der Waals surface area contributed by atoms with Crippen LogP contribution in [0.3, 0.4) is 0 Å². The van der Waals surface area contributed by atoms with Crippen LogP contribution >= 0.6 is 0 Å². The molecule has 1 aliphatic heterocycles. The van der Waals surface area contributed by atoms with Crippen molar-refractivity contribution in [3.63, 3.8) is 0 Å². The lowest BCUT2D eigenvalue weighted by Crippen LogP contribution is -2.67. The molecule has 4 heteroatoms. The van der Waals surface area contributed by atoms with Crippen LogP contribution in [0.1, 0.15) is 37.0 Å². The molecule has 2 N–H and O–H groups in total. The van der Waals surface area contributed by atoms with Gasteiger partial charge in [0, 0.05) is 42.3 Å². The number of ether oxygens (including phenoxy) is 1. The van der Waals surface area contributed by atoms with E-state index in [0.717, 1.165) is 18.7 Å². The van der Waals surface area contributed by atoms with Crippen molar-refractivity contribution in [1.29, 1.82) is 0 Å². The summed E-state index contributed by atoms with van der Waals surface area (Å²) in [7, 11) is 1.65. The Hall–Kier alpha value is -1.55. The average molecular weight is 288 g/mol. The van der Waals surface area contributed by atoms with Crippen LogP contribution in [0.15, 0.2) is 24.3 Å². The third-order valence-electron chi connectivity index (χ3n) is 5.01. The number of nitrogens with one attached hydrogen (secondary N) is 2. The first-order valence-corrected chi connectivity index (χ1v) is 7.74. The van der Waals surface area contributed by atoms with Gasteiger partial charge < -0.3 is 15.4 Å². The van der Waals surface area contributed by atoms with Crippen LogP contribution in [0.25, 0.3) is 0 Å². The van der Waals surface area contributed by atoms with Crippen molar-refractivity contribution in [2.24, 2.45) is 11.3 Å². The van der Waals surface area contributed by atoms with E-state index in [4.69, 9.17) is 4.74 Å². The monoisotopic (exact) mass is 288 g/mol. The van der Waals surface area contributed by atoms with Gasteiger partial charge in [-0.25, -0.2) is 0 Å². The van der Waals surface area contributed by atoms with Crippen molar-refractivity contribution in [3.8, 4) is 0 Å². The van der Waals surface area contributed by atoms with Crippen molar-refractivity contribution in [2.45, 2.75) is 38.8 Å². The molecule has 2 fully saturated rings. The lowest BCUT2D eigenvalue weighted by atomic mass is 9.55. The lowest BCUT2D eigenvalue weighted by molar-refractivity contribution is -0.177. The predicted octanol–water partition coefficient (Wildman–Crippen LogP) is 2.66. The maximum atomic E-state index is 11.7. The highest BCUT2D eigenvalue weighted by molar-refractivity contribution is 5.94. The first-order chi connectivity index (χ1) is 10.0. The summed E-state index contributed by atoms with van der Waals surface area (Å²) < 4.78 is 5.94. The molecule has 3 rings (SSSR count). The Bertz CT molecular complexity index is 541. The second kappa shape index (κ2) is 5.34. The normalized spacial score (nSPS) is 30.0. The zero-order valence-electron chi connectivity index (χ0n) is 13.0. The Kier molecular flexibility index (Phi) is 3.66. The van der Waals surface area contributed by atoms with Crippen molar-refractivity contribution >= 4 is 11.6 Å². The molecule has 0 aromatic heterocycles.